The number of nitrogens with one attached hydrogen (secondary N) is 2. The first-order valence-corrected chi connectivity index (χ1v) is 5.06. The summed E-state index contributed by atoms with van der Waals surface area (Å²) in [4.78, 5) is 0. The topological polar surface area (TPSA) is 50.1 Å². The standard InChI is InChI=1S/C10H13N3S/c11-10(14)13-9-3-1-2-7-6-12-5-4-8(7)9/h1-3,12H,4-6H2,(H3,11,13,14). The summed E-state index contributed by atoms with van der Waals surface area (Å²) in [6, 6.07) is 6.17. The Balaban J connectivity index is 2.35. The van der Waals surface area contributed by atoms with E-state index in [1.165, 1.54) is 11.1 Å². The molecule has 0 unspecified atom stereocenters. The maximum atomic E-state index is 5.46. The van der Waals surface area contributed by atoms with Crippen LogP contribution in [-0.2, 0) is 13.0 Å². The summed E-state index contributed by atoms with van der Waals surface area (Å²) >= 11 is 4.83. The van der Waals surface area contributed by atoms with Crippen molar-refractivity contribution in [2.45, 2.75) is 13.0 Å². The number of hydrogen-bond donors (Lipinski definition) is 3. The Kier molecular flexibility index (Phi) is 2.65. The molecule has 0 spiro atoms. The highest BCUT2D eigenvalue weighted by molar-refractivity contribution is 7.80. The molecule has 2 rings (SSSR count). The first-order valence-electron chi connectivity index (χ1n) is 4.65. The van der Waals surface area contributed by atoms with E-state index in [0.29, 0.717) is 5.11 Å². The van der Waals surface area contributed by atoms with Crippen LogP contribution in [0.2, 0.25) is 0 Å². The van der Waals surface area contributed by atoms with Gasteiger partial charge in [0, 0.05) is 12.2 Å². The predicted octanol–water partition coefficient (Wildman–Crippen LogP) is 0.988. The van der Waals surface area contributed by atoms with E-state index in [0.717, 1.165) is 25.2 Å². The third-order valence-electron chi connectivity index (χ3n) is 2.40. The lowest BCUT2D eigenvalue weighted by Gasteiger charge is -2.20. The number of benzene rings is 1. The fraction of sp³-hybridized carbons (Fsp3) is 0.300. The van der Waals surface area contributed by atoms with Gasteiger partial charge in [0.25, 0.3) is 0 Å². The molecule has 1 aromatic rings. The lowest BCUT2D eigenvalue weighted by Crippen LogP contribution is -2.26. The zero-order chi connectivity index (χ0) is 9.97. The Morgan fingerprint density at radius 1 is 1.50 bits per heavy atom. The van der Waals surface area contributed by atoms with E-state index in [1.807, 2.05) is 12.1 Å². The molecule has 0 amide bonds. The Morgan fingerprint density at radius 3 is 3.14 bits per heavy atom. The number of nitrogens with two attached hydrogens (primary N) is 1. The summed E-state index contributed by atoms with van der Waals surface area (Å²) in [7, 11) is 0. The van der Waals surface area contributed by atoms with E-state index >= 15 is 0 Å². The van der Waals surface area contributed by atoms with Crippen molar-refractivity contribution in [3.05, 3.63) is 29.3 Å². The third kappa shape index (κ3) is 1.86. The second-order valence-electron chi connectivity index (χ2n) is 3.36. The lowest BCUT2D eigenvalue weighted by molar-refractivity contribution is 0.645. The maximum absolute atomic E-state index is 5.46. The number of fused-ring (bicyclic) bond motifs is 1. The van der Waals surface area contributed by atoms with Crippen molar-refractivity contribution < 1.29 is 0 Å². The van der Waals surface area contributed by atoms with Crippen LogP contribution in [0, 0.1) is 0 Å². The van der Waals surface area contributed by atoms with Gasteiger partial charge in [-0.15, -0.1) is 0 Å². The third-order valence-corrected chi connectivity index (χ3v) is 2.50. The molecule has 0 saturated heterocycles. The van der Waals surface area contributed by atoms with Crippen LogP contribution >= 0.6 is 12.2 Å². The van der Waals surface area contributed by atoms with Crippen LogP contribution in [0.4, 0.5) is 5.69 Å². The molecule has 0 aromatic heterocycles. The fourth-order valence-corrected chi connectivity index (χ4v) is 1.89. The van der Waals surface area contributed by atoms with Crippen LogP contribution in [0.15, 0.2) is 18.2 Å². The van der Waals surface area contributed by atoms with Gasteiger partial charge in [-0.1, -0.05) is 12.1 Å². The molecule has 1 aliphatic heterocycles. The number of thiocarbonyl (C=S) groups is 1. The molecule has 0 fully saturated rings. The van der Waals surface area contributed by atoms with Crippen molar-refractivity contribution in [3.63, 3.8) is 0 Å². The van der Waals surface area contributed by atoms with E-state index in [9.17, 15) is 0 Å². The Morgan fingerprint density at radius 2 is 2.36 bits per heavy atom. The highest BCUT2D eigenvalue weighted by Crippen LogP contribution is 2.22. The molecular formula is C10H13N3S. The van der Waals surface area contributed by atoms with E-state index in [-0.39, 0.29) is 0 Å². The molecule has 74 valence electrons. The van der Waals surface area contributed by atoms with Crippen LogP contribution in [0.5, 0.6) is 0 Å². The second-order valence-corrected chi connectivity index (χ2v) is 3.80. The molecule has 1 aliphatic rings. The van der Waals surface area contributed by atoms with Crippen molar-refractivity contribution in [2.75, 3.05) is 11.9 Å². The van der Waals surface area contributed by atoms with Gasteiger partial charge < -0.3 is 16.4 Å². The summed E-state index contributed by atoms with van der Waals surface area (Å²) < 4.78 is 0. The average molecular weight is 207 g/mol. The average Bonchev–Trinajstić information content (AvgIpc) is 2.18. The summed E-state index contributed by atoms with van der Waals surface area (Å²) in [5, 5.41) is 6.67. The van der Waals surface area contributed by atoms with Gasteiger partial charge in [0.2, 0.25) is 0 Å². The molecule has 1 aromatic carbocycles. The Bertz CT molecular complexity index is 362. The van der Waals surface area contributed by atoms with Crippen molar-refractivity contribution >= 4 is 23.0 Å². The zero-order valence-corrected chi connectivity index (χ0v) is 8.66. The molecule has 4 heteroatoms. The van der Waals surface area contributed by atoms with Gasteiger partial charge in [0.15, 0.2) is 5.11 Å². The van der Waals surface area contributed by atoms with Gasteiger partial charge in [-0.05, 0) is 42.4 Å². The molecule has 0 bridgehead atoms. The highest BCUT2D eigenvalue weighted by atomic mass is 32.1. The number of rotatable bonds is 1. The number of anilines is 1. The van der Waals surface area contributed by atoms with E-state index < -0.39 is 0 Å². The first-order chi connectivity index (χ1) is 6.77. The van der Waals surface area contributed by atoms with Crippen molar-refractivity contribution in [1.82, 2.24) is 5.32 Å². The van der Waals surface area contributed by atoms with Crippen LogP contribution in [0.3, 0.4) is 0 Å². The molecule has 4 N–H and O–H groups in total. The summed E-state index contributed by atoms with van der Waals surface area (Å²) in [6.07, 6.45) is 1.03. The Labute approximate surface area is 88.7 Å². The summed E-state index contributed by atoms with van der Waals surface area (Å²) in [5.74, 6) is 0. The van der Waals surface area contributed by atoms with Crippen molar-refractivity contribution in [1.29, 1.82) is 0 Å². The molecule has 0 aliphatic carbocycles. The van der Waals surface area contributed by atoms with Gasteiger partial charge in [-0.2, -0.15) is 0 Å². The minimum atomic E-state index is 0.330. The summed E-state index contributed by atoms with van der Waals surface area (Å²) in [5.41, 5.74) is 9.18. The smallest absolute Gasteiger partial charge is 0.168 e. The molecule has 3 nitrogen and oxygen atoms in total. The second kappa shape index (κ2) is 3.94. The zero-order valence-electron chi connectivity index (χ0n) is 7.84. The molecule has 0 saturated carbocycles. The van der Waals surface area contributed by atoms with Crippen LogP contribution in [0.1, 0.15) is 11.1 Å². The molecule has 0 atom stereocenters. The van der Waals surface area contributed by atoms with E-state index in [2.05, 4.69) is 16.7 Å². The van der Waals surface area contributed by atoms with E-state index in [1.54, 1.807) is 0 Å². The van der Waals surface area contributed by atoms with Crippen LogP contribution < -0.4 is 16.4 Å². The van der Waals surface area contributed by atoms with Gasteiger partial charge in [-0.3, -0.25) is 0 Å². The SMILES string of the molecule is NC(=S)Nc1cccc2c1CCNC2. The van der Waals surface area contributed by atoms with Gasteiger partial charge in [-0.25, -0.2) is 0 Å². The molecule has 14 heavy (non-hydrogen) atoms. The minimum absolute atomic E-state index is 0.330. The monoisotopic (exact) mass is 207 g/mol. The largest absolute Gasteiger partial charge is 0.376 e. The van der Waals surface area contributed by atoms with Gasteiger partial charge in [0.05, 0.1) is 0 Å². The maximum Gasteiger partial charge on any atom is 0.168 e. The number of hydrogen-bond acceptors (Lipinski definition) is 2. The van der Waals surface area contributed by atoms with Crippen molar-refractivity contribution in [3.8, 4) is 0 Å². The molecule has 0 radical (unpaired) electrons. The molecule has 1 heterocycles. The molecular weight excluding hydrogens is 194 g/mol. The fourth-order valence-electron chi connectivity index (χ4n) is 1.78. The highest BCUT2D eigenvalue weighted by Gasteiger charge is 2.11. The normalized spacial score (nSPS) is 14.6. The van der Waals surface area contributed by atoms with E-state index in [4.69, 9.17) is 18.0 Å². The lowest BCUT2D eigenvalue weighted by atomic mass is 9.99. The minimum Gasteiger partial charge on any atom is -0.376 e. The summed E-state index contributed by atoms with van der Waals surface area (Å²) in [6.45, 7) is 1.95. The predicted molar refractivity (Wildman–Crippen MR) is 62.3 cm³/mol. The van der Waals surface area contributed by atoms with Crippen molar-refractivity contribution in [2.24, 2.45) is 5.73 Å². The van der Waals surface area contributed by atoms with Crippen LogP contribution in [0.25, 0.3) is 0 Å². The van der Waals surface area contributed by atoms with Gasteiger partial charge >= 0.3 is 0 Å². The van der Waals surface area contributed by atoms with Gasteiger partial charge in [0.1, 0.15) is 0 Å². The first kappa shape index (κ1) is 9.43. The Hall–Kier alpha value is -1.13. The quantitative estimate of drug-likeness (QED) is 0.601. The van der Waals surface area contributed by atoms with Crippen LogP contribution in [-0.4, -0.2) is 11.7 Å².